The van der Waals surface area contributed by atoms with E-state index in [1.807, 2.05) is 4.90 Å². The van der Waals surface area contributed by atoms with Gasteiger partial charge in [0.1, 0.15) is 0 Å². The van der Waals surface area contributed by atoms with E-state index in [1.54, 1.807) is 11.3 Å². The second-order valence-corrected chi connectivity index (χ2v) is 10.7. The summed E-state index contributed by atoms with van der Waals surface area (Å²) < 4.78 is 0. The summed E-state index contributed by atoms with van der Waals surface area (Å²) in [4.78, 5) is 30.6. The number of hydrogen-bond acceptors (Lipinski definition) is 4. The summed E-state index contributed by atoms with van der Waals surface area (Å²) in [5.74, 6) is 1.54. The van der Waals surface area contributed by atoms with E-state index in [2.05, 4.69) is 59.8 Å². The van der Waals surface area contributed by atoms with Gasteiger partial charge in [0.25, 0.3) is 0 Å². The Hall–Kier alpha value is -2.18. The highest BCUT2D eigenvalue weighted by Crippen LogP contribution is 2.25. The van der Waals surface area contributed by atoms with Crippen molar-refractivity contribution in [3.63, 3.8) is 0 Å². The fourth-order valence-corrected chi connectivity index (χ4v) is 5.96. The fraction of sp³-hybridized carbons (Fsp3) is 0.538. The van der Waals surface area contributed by atoms with Gasteiger partial charge in [0.2, 0.25) is 11.8 Å². The first-order valence-electron chi connectivity index (χ1n) is 11.9. The predicted octanol–water partition coefficient (Wildman–Crippen LogP) is 4.21. The van der Waals surface area contributed by atoms with Gasteiger partial charge >= 0.3 is 0 Å². The van der Waals surface area contributed by atoms with Gasteiger partial charge in [-0.3, -0.25) is 14.5 Å². The molecule has 0 radical (unpaired) electrons. The molecule has 2 atom stereocenters. The number of amides is 2. The van der Waals surface area contributed by atoms with Gasteiger partial charge in [-0.25, -0.2) is 0 Å². The highest BCUT2D eigenvalue weighted by atomic mass is 32.1. The highest BCUT2D eigenvalue weighted by Gasteiger charge is 2.22. The molecule has 0 spiro atoms. The summed E-state index contributed by atoms with van der Waals surface area (Å²) in [6.45, 7) is 9.97. The normalized spacial score (nSPS) is 21.2. The molecular formula is C26H35N3O2S. The molecule has 2 aliphatic rings. The predicted molar refractivity (Wildman–Crippen MR) is 129 cm³/mol. The molecule has 4 rings (SSSR count). The standard InChI is InChI=1S/C26H35N3O2S/c1-19-13-20(2)16-28(15-19)17-22-5-3-21(4-6-22)14-27-25(30)7-8-26(31)29-11-9-24-23(18-29)10-12-32-24/h3-6,10,12,19-20H,7-9,11,13-18H2,1-2H3,(H,27,30). The van der Waals surface area contributed by atoms with Gasteiger partial charge in [0.05, 0.1) is 0 Å². The first kappa shape index (κ1) is 23.0. The number of nitrogens with one attached hydrogen (secondary N) is 1. The maximum atomic E-state index is 12.5. The van der Waals surface area contributed by atoms with E-state index in [1.165, 1.54) is 35.5 Å². The molecule has 2 aromatic rings. The van der Waals surface area contributed by atoms with Crippen molar-refractivity contribution in [2.24, 2.45) is 11.8 Å². The second-order valence-electron chi connectivity index (χ2n) is 9.67. The Morgan fingerprint density at radius 2 is 1.75 bits per heavy atom. The molecule has 6 heteroatoms. The van der Waals surface area contributed by atoms with E-state index in [9.17, 15) is 9.59 Å². The van der Waals surface area contributed by atoms with Gasteiger partial charge in [-0.05, 0) is 52.8 Å². The van der Waals surface area contributed by atoms with E-state index in [-0.39, 0.29) is 24.7 Å². The van der Waals surface area contributed by atoms with Crippen LogP contribution in [0.25, 0.3) is 0 Å². The summed E-state index contributed by atoms with van der Waals surface area (Å²) >= 11 is 1.77. The van der Waals surface area contributed by atoms with Crippen molar-refractivity contribution in [3.05, 3.63) is 57.3 Å². The zero-order valence-electron chi connectivity index (χ0n) is 19.3. The van der Waals surface area contributed by atoms with Crippen LogP contribution in [-0.4, -0.2) is 41.2 Å². The zero-order chi connectivity index (χ0) is 22.5. The molecule has 2 aliphatic heterocycles. The summed E-state index contributed by atoms with van der Waals surface area (Å²) in [6.07, 6.45) is 2.77. The highest BCUT2D eigenvalue weighted by molar-refractivity contribution is 7.10. The average molecular weight is 454 g/mol. The van der Waals surface area contributed by atoms with Gasteiger partial charge in [-0.15, -0.1) is 11.3 Å². The van der Waals surface area contributed by atoms with Crippen LogP contribution in [-0.2, 0) is 35.6 Å². The number of fused-ring (bicyclic) bond motifs is 1. The number of benzene rings is 1. The summed E-state index contributed by atoms with van der Waals surface area (Å²) in [5.41, 5.74) is 3.67. The Labute approximate surface area is 195 Å². The first-order chi connectivity index (χ1) is 15.5. The SMILES string of the molecule is CC1CC(C)CN(Cc2ccc(CNC(=O)CCC(=O)N3CCc4sccc4C3)cc2)C1. The lowest BCUT2D eigenvalue weighted by Gasteiger charge is -2.35. The molecule has 2 amide bonds. The lowest BCUT2D eigenvalue weighted by molar-refractivity contribution is -0.134. The van der Waals surface area contributed by atoms with Gasteiger partial charge in [-0.2, -0.15) is 0 Å². The number of nitrogens with zero attached hydrogens (tertiary/aromatic N) is 2. The van der Waals surface area contributed by atoms with E-state index in [4.69, 9.17) is 0 Å². The largest absolute Gasteiger partial charge is 0.352 e. The van der Waals surface area contributed by atoms with Gasteiger partial charge < -0.3 is 10.2 Å². The quantitative estimate of drug-likeness (QED) is 0.683. The molecule has 32 heavy (non-hydrogen) atoms. The Morgan fingerprint density at radius 1 is 1.03 bits per heavy atom. The maximum absolute atomic E-state index is 12.5. The van der Waals surface area contributed by atoms with Crippen LogP contribution in [0.5, 0.6) is 0 Å². The molecule has 0 bridgehead atoms. The molecule has 1 fully saturated rings. The lowest BCUT2D eigenvalue weighted by Crippen LogP contribution is -2.38. The maximum Gasteiger partial charge on any atom is 0.223 e. The number of rotatable bonds is 7. The number of thiophene rings is 1. The third kappa shape index (κ3) is 6.20. The van der Waals surface area contributed by atoms with Crippen molar-refractivity contribution >= 4 is 23.2 Å². The molecule has 0 aliphatic carbocycles. The van der Waals surface area contributed by atoms with Crippen molar-refractivity contribution in [2.75, 3.05) is 19.6 Å². The fourth-order valence-electron chi connectivity index (χ4n) is 5.07. The number of piperidine rings is 1. The van der Waals surface area contributed by atoms with Crippen LogP contribution in [0.1, 0.15) is 54.7 Å². The molecule has 1 aromatic carbocycles. The van der Waals surface area contributed by atoms with Crippen LogP contribution >= 0.6 is 11.3 Å². The Balaban J connectivity index is 1.17. The minimum atomic E-state index is -0.0630. The first-order valence-corrected chi connectivity index (χ1v) is 12.7. The zero-order valence-corrected chi connectivity index (χ0v) is 20.1. The molecule has 172 valence electrons. The number of carbonyl (C=O) groups excluding carboxylic acids is 2. The van der Waals surface area contributed by atoms with E-state index < -0.39 is 0 Å². The Kier molecular flexibility index (Phi) is 7.63. The van der Waals surface area contributed by atoms with Gasteiger partial charge in [-0.1, -0.05) is 38.1 Å². The van der Waals surface area contributed by atoms with Crippen LogP contribution < -0.4 is 5.32 Å². The van der Waals surface area contributed by atoms with Crippen LogP contribution in [0.4, 0.5) is 0 Å². The Morgan fingerprint density at radius 3 is 2.50 bits per heavy atom. The smallest absolute Gasteiger partial charge is 0.223 e. The third-order valence-electron chi connectivity index (χ3n) is 6.59. The minimum absolute atomic E-state index is 0.0630. The van der Waals surface area contributed by atoms with Crippen LogP contribution in [0, 0.1) is 11.8 Å². The monoisotopic (exact) mass is 453 g/mol. The van der Waals surface area contributed by atoms with Crippen molar-refractivity contribution in [3.8, 4) is 0 Å². The second kappa shape index (κ2) is 10.6. The molecule has 0 saturated carbocycles. The topological polar surface area (TPSA) is 52.7 Å². The van der Waals surface area contributed by atoms with E-state index in [0.29, 0.717) is 13.1 Å². The van der Waals surface area contributed by atoms with Crippen LogP contribution in [0.15, 0.2) is 35.7 Å². The minimum Gasteiger partial charge on any atom is -0.352 e. The Bertz CT molecular complexity index is 913. The van der Waals surface area contributed by atoms with Crippen LogP contribution in [0.3, 0.4) is 0 Å². The molecule has 3 heterocycles. The van der Waals surface area contributed by atoms with Crippen molar-refractivity contribution < 1.29 is 9.59 Å². The van der Waals surface area contributed by atoms with Gasteiger partial charge in [0.15, 0.2) is 0 Å². The molecule has 5 nitrogen and oxygen atoms in total. The molecular weight excluding hydrogens is 418 g/mol. The number of carbonyl (C=O) groups is 2. The molecule has 2 unspecified atom stereocenters. The third-order valence-corrected chi connectivity index (χ3v) is 7.61. The van der Waals surface area contributed by atoms with Gasteiger partial charge in [0, 0.05) is 57.0 Å². The number of likely N-dealkylation sites (tertiary alicyclic amines) is 1. The summed E-state index contributed by atoms with van der Waals surface area (Å²) in [7, 11) is 0. The van der Waals surface area contributed by atoms with Crippen molar-refractivity contribution in [1.82, 2.24) is 15.1 Å². The van der Waals surface area contributed by atoms with Crippen LogP contribution in [0.2, 0.25) is 0 Å². The molecule has 1 saturated heterocycles. The molecule has 1 N–H and O–H groups in total. The molecule has 1 aromatic heterocycles. The van der Waals surface area contributed by atoms with E-state index in [0.717, 1.165) is 36.9 Å². The lowest BCUT2D eigenvalue weighted by atomic mass is 9.91. The van der Waals surface area contributed by atoms with Crippen molar-refractivity contribution in [1.29, 1.82) is 0 Å². The summed E-state index contributed by atoms with van der Waals surface area (Å²) in [6, 6.07) is 10.6. The van der Waals surface area contributed by atoms with Crippen molar-refractivity contribution in [2.45, 2.75) is 59.2 Å². The number of hydrogen-bond donors (Lipinski definition) is 1. The van der Waals surface area contributed by atoms with E-state index >= 15 is 0 Å². The average Bonchev–Trinajstić information content (AvgIpc) is 3.24. The summed E-state index contributed by atoms with van der Waals surface area (Å²) in [5, 5.41) is 5.05.